The number of hydrogen-bond donors (Lipinski definition) is 1. The van der Waals surface area contributed by atoms with E-state index in [1.165, 1.54) is 0 Å². The molecule has 14 heavy (non-hydrogen) atoms. The number of aliphatic hydroxyl groups excluding tert-OH is 1. The third kappa shape index (κ3) is 2.13. The molecule has 1 saturated heterocycles. The Morgan fingerprint density at radius 2 is 2.29 bits per heavy atom. The van der Waals surface area contributed by atoms with Gasteiger partial charge in [0, 0.05) is 12.0 Å². The average Bonchev–Trinajstić information content (AvgIpc) is 2.25. The van der Waals surface area contributed by atoms with Crippen molar-refractivity contribution in [2.45, 2.75) is 45.2 Å². The molecule has 0 spiro atoms. The molecular formula is C10H16O4. The number of aliphatic hydroxyl groups is 1. The van der Waals surface area contributed by atoms with Crippen LogP contribution >= 0.6 is 0 Å². The zero-order valence-corrected chi connectivity index (χ0v) is 8.74. The summed E-state index contributed by atoms with van der Waals surface area (Å²) in [7, 11) is 0. The Hall–Kier alpha value is -0.870. The van der Waals surface area contributed by atoms with Crippen molar-refractivity contribution in [3.8, 4) is 0 Å². The summed E-state index contributed by atoms with van der Waals surface area (Å²) in [5.74, 6) is -0.447. The van der Waals surface area contributed by atoms with Crippen LogP contribution in [0, 0.1) is 0 Å². The molecule has 1 N–H and O–H groups in total. The molecular weight excluding hydrogens is 184 g/mol. The second kappa shape index (κ2) is 3.71. The van der Waals surface area contributed by atoms with E-state index < -0.39 is 17.9 Å². The van der Waals surface area contributed by atoms with Crippen LogP contribution in [-0.2, 0) is 14.3 Å². The van der Waals surface area contributed by atoms with Gasteiger partial charge in [-0.15, -0.1) is 0 Å². The zero-order chi connectivity index (χ0) is 10.9. The first-order valence-electron chi connectivity index (χ1n) is 4.57. The molecule has 0 aromatic rings. The maximum Gasteiger partial charge on any atom is 0.333 e. The lowest BCUT2D eigenvalue weighted by Crippen LogP contribution is -2.38. The molecule has 1 aliphatic heterocycles. The minimum atomic E-state index is -0.854. The van der Waals surface area contributed by atoms with E-state index >= 15 is 0 Å². The van der Waals surface area contributed by atoms with Crippen LogP contribution in [0.3, 0.4) is 0 Å². The molecule has 1 heterocycles. The van der Waals surface area contributed by atoms with Crippen molar-refractivity contribution in [2.24, 2.45) is 0 Å². The molecule has 80 valence electrons. The highest BCUT2D eigenvalue weighted by atomic mass is 16.6. The Kier molecular flexibility index (Phi) is 2.97. The first-order valence-corrected chi connectivity index (χ1v) is 4.57. The Balaban J connectivity index is 2.67. The minimum Gasteiger partial charge on any atom is -0.453 e. The molecule has 0 aromatic carbocycles. The third-order valence-corrected chi connectivity index (χ3v) is 2.48. The van der Waals surface area contributed by atoms with Gasteiger partial charge in [0.05, 0.1) is 6.10 Å². The van der Waals surface area contributed by atoms with Gasteiger partial charge >= 0.3 is 5.97 Å². The Bertz CT molecular complexity index is 261. The highest BCUT2D eigenvalue weighted by Crippen LogP contribution is 2.33. The van der Waals surface area contributed by atoms with Crippen molar-refractivity contribution >= 4 is 5.97 Å². The summed E-state index contributed by atoms with van der Waals surface area (Å²) >= 11 is 0. The summed E-state index contributed by atoms with van der Waals surface area (Å²) in [6.07, 6.45) is -0.860. The lowest BCUT2D eigenvalue weighted by Gasteiger charge is -2.27. The number of esters is 1. The fourth-order valence-corrected chi connectivity index (χ4v) is 1.36. The third-order valence-electron chi connectivity index (χ3n) is 2.48. The summed E-state index contributed by atoms with van der Waals surface area (Å²) < 4.78 is 10.3. The van der Waals surface area contributed by atoms with Crippen LogP contribution in [0.15, 0.2) is 12.2 Å². The van der Waals surface area contributed by atoms with E-state index in [1.807, 2.05) is 0 Å². The second-order valence-corrected chi connectivity index (χ2v) is 3.92. The SMILES string of the molecule is C=C(C)C(=O)OC1(C)CC(O)OC1C. The van der Waals surface area contributed by atoms with Gasteiger partial charge in [0.1, 0.15) is 5.60 Å². The van der Waals surface area contributed by atoms with E-state index in [0.29, 0.717) is 12.0 Å². The van der Waals surface area contributed by atoms with Crippen molar-refractivity contribution in [1.29, 1.82) is 0 Å². The highest BCUT2D eigenvalue weighted by molar-refractivity contribution is 5.87. The van der Waals surface area contributed by atoms with Crippen LogP contribution in [-0.4, -0.2) is 29.1 Å². The summed E-state index contributed by atoms with van der Waals surface area (Å²) in [4.78, 5) is 11.3. The molecule has 4 heteroatoms. The monoisotopic (exact) mass is 200 g/mol. The summed E-state index contributed by atoms with van der Waals surface area (Å²) in [5.41, 5.74) is -0.407. The first kappa shape index (κ1) is 11.2. The average molecular weight is 200 g/mol. The van der Waals surface area contributed by atoms with Crippen molar-refractivity contribution in [2.75, 3.05) is 0 Å². The Morgan fingerprint density at radius 3 is 2.64 bits per heavy atom. The first-order chi connectivity index (χ1) is 6.35. The van der Waals surface area contributed by atoms with E-state index in [4.69, 9.17) is 9.47 Å². The summed E-state index contributed by atoms with van der Waals surface area (Å²) in [6, 6.07) is 0. The van der Waals surface area contributed by atoms with Gasteiger partial charge in [-0.3, -0.25) is 0 Å². The van der Waals surface area contributed by atoms with Gasteiger partial charge in [-0.05, 0) is 20.8 Å². The Labute approximate surface area is 83.5 Å². The van der Waals surface area contributed by atoms with Gasteiger partial charge in [-0.25, -0.2) is 4.79 Å². The lowest BCUT2D eigenvalue weighted by atomic mass is 9.98. The van der Waals surface area contributed by atoms with E-state index in [1.54, 1.807) is 20.8 Å². The molecule has 0 bridgehead atoms. The van der Waals surface area contributed by atoms with E-state index in [-0.39, 0.29) is 6.10 Å². The molecule has 1 fully saturated rings. The van der Waals surface area contributed by atoms with E-state index in [2.05, 4.69) is 6.58 Å². The van der Waals surface area contributed by atoms with Crippen molar-refractivity contribution in [1.82, 2.24) is 0 Å². The summed E-state index contributed by atoms with van der Waals surface area (Å²) in [6.45, 7) is 8.59. The predicted molar refractivity (Wildman–Crippen MR) is 50.5 cm³/mol. The number of carbonyl (C=O) groups excluding carboxylic acids is 1. The molecule has 0 saturated carbocycles. The van der Waals surface area contributed by atoms with E-state index in [0.717, 1.165) is 0 Å². The molecule has 1 rings (SSSR count). The fourth-order valence-electron chi connectivity index (χ4n) is 1.36. The summed E-state index contributed by atoms with van der Waals surface area (Å²) in [5, 5.41) is 9.25. The quantitative estimate of drug-likeness (QED) is 0.533. The largest absolute Gasteiger partial charge is 0.453 e. The molecule has 4 nitrogen and oxygen atoms in total. The zero-order valence-electron chi connectivity index (χ0n) is 8.74. The highest BCUT2D eigenvalue weighted by Gasteiger charge is 2.45. The topological polar surface area (TPSA) is 55.8 Å². The number of carbonyl (C=O) groups is 1. The van der Waals surface area contributed by atoms with Crippen LogP contribution in [0.25, 0.3) is 0 Å². The second-order valence-electron chi connectivity index (χ2n) is 3.92. The van der Waals surface area contributed by atoms with Gasteiger partial charge in [0.25, 0.3) is 0 Å². The van der Waals surface area contributed by atoms with Crippen LogP contribution in [0.2, 0.25) is 0 Å². The smallest absolute Gasteiger partial charge is 0.333 e. The number of hydrogen-bond acceptors (Lipinski definition) is 4. The molecule has 1 aliphatic rings. The van der Waals surface area contributed by atoms with Crippen LogP contribution < -0.4 is 0 Å². The van der Waals surface area contributed by atoms with Gasteiger partial charge < -0.3 is 14.6 Å². The molecule has 0 radical (unpaired) electrons. The maximum atomic E-state index is 11.3. The van der Waals surface area contributed by atoms with Crippen LogP contribution in [0.4, 0.5) is 0 Å². The number of rotatable bonds is 2. The van der Waals surface area contributed by atoms with Crippen LogP contribution in [0.5, 0.6) is 0 Å². The van der Waals surface area contributed by atoms with E-state index in [9.17, 15) is 9.90 Å². The maximum absolute atomic E-state index is 11.3. The normalized spacial score (nSPS) is 36.9. The van der Waals surface area contributed by atoms with Crippen LogP contribution in [0.1, 0.15) is 27.2 Å². The van der Waals surface area contributed by atoms with Crippen molar-refractivity contribution < 1.29 is 19.4 Å². The van der Waals surface area contributed by atoms with Crippen molar-refractivity contribution in [3.63, 3.8) is 0 Å². The molecule has 3 atom stereocenters. The lowest BCUT2D eigenvalue weighted by molar-refractivity contribution is -0.158. The van der Waals surface area contributed by atoms with Gasteiger partial charge in [0.15, 0.2) is 6.29 Å². The minimum absolute atomic E-state index is 0.299. The molecule has 0 amide bonds. The fraction of sp³-hybridized carbons (Fsp3) is 0.700. The number of ether oxygens (including phenoxy) is 2. The van der Waals surface area contributed by atoms with Gasteiger partial charge in [-0.2, -0.15) is 0 Å². The van der Waals surface area contributed by atoms with Crippen molar-refractivity contribution in [3.05, 3.63) is 12.2 Å². The molecule has 0 aromatic heterocycles. The molecule has 0 aliphatic carbocycles. The van der Waals surface area contributed by atoms with Gasteiger partial charge in [-0.1, -0.05) is 6.58 Å². The molecule has 3 unspecified atom stereocenters. The predicted octanol–water partition coefficient (Wildman–Crippen LogP) is 0.992. The Morgan fingerprint density at radius 1 is 1.71 bits per heavy atom. The van der Waals surface area contributed by atoms with Gasteiger partial charge in [0.2, 0.25) is 0 Å². The standard InChI is InChI=1S/C10H16O4/c1-6(2)9(12)14-10(4)5-8(11)13-7(10)3/h7-8,11H,1,5H2,2-4H3.